The number of hydrogen-bond acceptors (Lipinski definition) is 5. The Morgan fingerprint density at radius 1 is 1.55 bits per heavy atom. The molecule has 20 heavy (non-hydrogen) atoms. The van der Waals surface area contributed by atoms with Gasteiger partial charge in [0, 0.05) is 16.6 Å². The predicted molar refractivity (Wildman–Crippen MR) is 79.1 cm³/mol. The number of carbonyl (C=O) groups is 1. The number of nitrogens with two attached hydrogens (primary N) is 2. The summed E-state index contributed by atoms with van der Waals surface area (Å²) in [5.41, 5.74) is 12.9. The fourth-order valence-electron chi connectivity index (χ4n) is 1.86. The molecule has 6 heteroatoms. The molecule has 0 bridgehead atoms. The number of carbonyl (C=O) groups excluding carboxylic acids is 1. The van der Waals surface area contributed by atoms with Gasteiger partial charge in [-0.1, -0.05) is 13.0 Å². The molecule has 2 heterocycles. The zero-order chi connectivity index (χ0) is 14.7. The molecule has 0 aliphatic carbocycles. The Morgan fingerprint density at radius 2 is 2.30 bits per heavy atom. The number of pyridine rings is 1. The Balaban J connectivity index is 2.33. The molecule has 0 saturated heterocycles. The van der Waals surface area contributed by atoms with E-state index in [9.17, 15) is 4.79 Å². The van der Waals surface area contributed by atoms with E-state index in [-0.39, 0.29) is 5.92 Å². The van der Waals surface area contributed by atoms with Crippen molar-refractivity contribution in [2.24, 2.45) is 5.73 Å². The third-order valence-corrected chi connectivity index (χ3v) is 4.03. The number of anilines is 1. The van der Waals surface area contributed by atoms with E-state index in [1.165, 1.54) is 11.3 Å². The van der Waals surface area contributed by atoms with Gasteiger partial charge in [0.05, 0.1) is 28.2 Å². The Labute approximate surface area is 120 Å². The Morgan fingerprint density at radius 3 is 2.75 bits per heavy atom. The van der Waals surface area contributed by atoms with Crippen LogP contribution in [-0.2, 0) is 0 Å². The lowest BCUT2D eigenvalue weighted by Gasteiger charge is -2.05. The van der Waals surface area contributed by atoms with Crippen LogP contribution in [0, 0.1) is 11.3 Å². The van der Waals surface area contributed by atoms with Crippen molar-refractivity contribution in [3.05, 3.63) is 35.7 Å². The second kappa shape index (κ2) is 5.72. The molecule has 5 nitrogen and oxygen atoms in total. The van der Waals surface area contributed by atoms with E-state index in [1.54, 1.807) is 12.3 Å². The third-order valence-electron chi connectivity index (χ3n) is 3.02. The van der Waals surface area contributed by atoms with Crippen molar-refractivity contribution in [3.8, 4) is 16.5 Å². The largest absolute Gasteiger partial charge is 0.390 e. The summed E-state index contributed by atoms with van der Waals surface area (Å²) in [7, 11) is 0. The maximum atomic E-state index is 11.2. The minimum Gasteiger partial charge on any atom is -0.390 e. The summed E-state index contributed by atoms with van der Waals surface area (Å²) >= 11 is 1.29. The number of nitrogens with zero attached hydrogens (tertiary/aromatic N) is 2. The molecule has 2 aromatic rings. The van der Waals surface area contributed by atoms with Crippen LogP contribution in [0.15, 0.2) is 24.4 Å². The molecule has 0 fully saturated rings. The van der Waals surface area contributed by atoms with Gasteiger partial charge in [0.1, 0.15) is 0 Å². The van der Waals surface area contributed by atoms with Crippen LogP contribution >= 0.6 is 11.3 Å². The first-order chi connectivity index (χ1) is 9.56. The molecule has 0 saturated carbocycles. The van der Waals surface area contributed by atoms with Crippen LogP contribution in [0.2, 0.25) is 0 Å². The van der Waals surface area contributed by atoms with Crippen molar-refractivity contribution in [2.75, 3.05) is 5.73 Å². The molecule has 1 atom stereocenters. The van der Waals surface area contributed by atoms with Crippen molar-refractivity contribution in [1.82, 2.24) is 4.98 Å². The summed E-state index contributed by atoms with van der Waals surface area (Å²) in [4.78, 5) is 16.3. The molecule has 0 aliphatic heterocycles. The van der Waals surface area contributed by atoms with Gasteiger partial charge in [-0.15, -0.1) is 11.3 Å². The number of nitriles is 1. The summed E-state index contributed by atoms with van der Waals surface area (Å²) in [6.45, 7) is 1.95. The number of amides is 1. The highest BCUT2D eigenvalue weighted by molar-refractivity contribution is 7.19. The highest BCUT2D eigenvalue weighted by Gasteiger charge is 2.14. The lowest BCUT2D eigenvalue weighted by atomic mass is 10.0. The first-order valence-corrected chi connectivity index (χ1v) is 6.93. The van der Waals surface area contributed by atoms with E-state index < -0.39 is 5.91 Å². The van der Waals surface area contributed by atoms with Crippen LogP contribution in [0.3, 0.4) is 0 Å². The lowest BCUT2D eigenvalue weighted by molar-refractivity contribution is 0.100. The molecular formula is C14H14N4OS. The van der Waals surface area contributed by atoms with Crippen LogP contribution in [0.25, 0.3) is 10.4 Å². The summed E-state index contributed by atoms with van der Waals surface area (Å²) in [5.74, 6) is -0.733. The standard InChI is InChI=1S/C14H14N4OS/c1-2-8(6-15)11-4-3-9(7-18-11)12-5-10(13(16)19)14(17)20-12/h3-5,7-8H,2,17H2,1H3,(H2,16,19). The van der Waals surface area contributed by atoms with Gasteiger partial charge >= 0.3 is 0 Å². The van der Waals surface area contributed by atoms with E-state index in [0.717, 1.165) is 22.6 Å². The Bertz CT molecular complexity index is 669. The molecule has 2 aromatic heterocycles. The van der Waals surface area contributed by atoms with Gasteiger partial charge in [-0.25, -0.2) is 0 Å². The number of thiophene rings is 1. The normalized spacial score (nSPS) is 11.8. The summed E-state index contributed by atoms with van der Waals surface area (Å²) in [6, 6.07) is 7.58. The maximum Gasteiger partial charge on any atom is 0.251 e. The van der Waals surface area contributed by atoms with Crippen molar-refractivity contribution in [3.63, 3.8) is 0 Å². The average molecular weight is 286 g/mol. The highest BCUT2D eigenvalue weighted by atomic mass is 32.1. The van der Waals surface area contributed by atoms with Gasteiger partial charge in [-0.3, -0.25) is 9.78 Å². The summed E-state index contributed by atoms with van der Waals surface area (Å²) < 4.78 is 0. The van der Waals surface area contributed by atoms with Crippen LogP contribution in [0.1, 0.15) is 35.3 Å². The van der Waals surface area contributed by atoms with Crippen molar-refractivity contribution >= 4 is 22.2 Å². The number of nitrogen functional groups attached to an aromatic ring is 1. The van der Waals surface area contributed by atoms with Crippen molar-refractivity contribution in [1.29, 1.82) is 5.26 Å². The van der Waals surface area contributed by atoms with Crippen LogP contribution in [-0.4, -0.2) is 10.9 Å². The topological polar surface area (TPSA) is 106 Å². The second-order valence-corrected chi connectivity index (χ2v) is 5.40. The number of hydrogen-bond donors (Lipinski definition) is 2. The monoisotopic (exact) mass is 286 g/mol. The van der Waals surface area contributed by atoms with Crippen LogP contribution in [0.5, 0.6) is 0 Å². The van der Waals surface area contributed by atoms with E-state index >= 15 is 0 Å². The quantitative estimate of drug-likeness (QED) is 0.900. The van der Waals surface area contributed by atoms with E-state index in [2.05, 4.69) is 11.1 Å². The molecule has 0 aliphatic rings. The van der Waals surface area contributed by atoms with Gasteiger partial charge in [0.2, 0.25) is 0 Å². The molecule has 102 valence electrons. The predicted octanol–water partition coefficient (Wildman–Crippen LogP) is 2.51. The van der Waals surface area contributed by atoms with Gasteiger partial charge < -0.3 is 11.5 Å². The molecule has 1 unspecified atom stereocenters. The molecule has 4 N–H and O–H groups in total. The van der Waals surface area contributed by atoms with E-state index in [4.69, 9.17) is 16.7 Å². The van der Waals surface area contributed by atoms with E-state index in [1.807, 2.05) is 19.1 Å². The molecule has 1 amide bonds. The fraction of sp³-hybridized carbons (Fsp3) is 0.214. The number of aromatic nitrogens is 1. The molecule has 0 radical (unpaired) electrons. The minimum atomic E-state index is -0.537. The lowest BCUT2D eigenvalue weighted by Crippen LogP contribution is -2.11. The first-order valence-electron chi connectivity index (χ1n) is 6.11. The molecule has 0 aromatic carbocycles. The Kier molecular flexibility index (Phi) is 4.01. The second-order valence-electron chi connectivity index (χ2n) is 4.31. The zero-order valence-electron chi connectivity index (χ0n) is 11.0. The van der Waals surface area contributed by atoms with Gasteiger partial charge in [-0.2, -0.15) is 5.26 Å². The summed E-state index contributed by atoms with van der Waals surface area (Å²) in [6.07, 6.45) is 2.41. The molecule has 2 rings (SSSR count). The van der Waals surface area contributed by atoms with Crippen molar-refractivity contribution < 1.29 is 4.79 Å². The SMILES string of the molecule is CCC(C#N)c1ccc(-c2cc(C(N)=O)c(N)s2)cn1. The highest BCUT2D eigenvalue weighted by Crippen LogP contribution is 2.33. The maximum absolute atomic E-state index is 11.2. The van der Waals surface area contributed by atoms with E-state index in [0.29, 0.717) is 10.6 Å². The van der Waals surface area contributed by atoms with Crippen LogP contribution in [0.4, 0.5) is 5.00 Å². The number of rotatable bonds is 4. The summed E-state index contributed by atoms with van der Waals surface area (Å²) in [5, 5.41) is 9.41. The first kappa shape index (κ1) is 14.0. The van der Waals surface area contributed by atoms with Crippen molar-refractivity contribution in [2.45, 2.75) is 19.3 Å². The van der Waals surface area contributed by atoms with Gasteiger partial charge in [0.25, 0.3) is 5.91 Å². The smallest absolute Gasteiger partial charge is 0.251 e. The third kappa shape index (κ3) is 2.63. The van der Waals surface area contributed by atoms with Gasteiger partial charge in [-0.05, 0) is 18.6 Å². The number of primary amides is 1. The van der Waals surface area contributed by atoms with Gasteiger partial charge in [0.15, 0.2) is 0 Å². The Hall–Kier alpha value is -2.39. The average Bonchev–Trinajstić information content (AvgIpc) is 2.83. The molecule has 0 spiro atoms. The molecular weight excluding hydrogens is 272 g/mol. The van der Waals surface area contributed by atoms with Crippen LogP contribution < -0.4 is 11.5 Å². The minimum absolute atomic E-state index is 0.196. The zero-order valence-corrected chi connectivity index (χ0v) is 11.8. The fourth-order valence-corrected chi connectivity index (χ4v) is 2.79.